The van der Waals surface area contributed by atoms with E-state index in [1.807, 2.05) is 30.3 Å². The molecule has 1 heterocycles. The van der Waals surface area contributed by atoms with Gasteiger partial charge in [0.15, 0.2) is 17.4 Å². The molecule has 0 saturated carbocycles. The Bertz CT molecular complexity index is 1620. The predicted molar refractivity (Wildman–Crippen MR) is 162 cm³/mol. The summed E-state index contributed by atoms with van der Waals surface area (Å²) in [6.45, 7) is 3.96. The summed E-state index contributed by atoms with van der Waals surface area (Å²) in [6.07, 6.45) is -2.08. The van der Waals surface area contributed by atoms with Gasteiger partial charge in [0.05, 0.1) is 12.5 Å². The van der Waals surface area contributed by atoms with E-state index in [0.717, 1.165) is 10.8 Å². The number of fused-ring (bicyclic) bond motifs is 1. The van der Waals surface area contributed by atoms with Crippen molar-refractivity contribution in [1.29, 1.82) is 0 Å². The molecule has 1 aliphatic rings. The molecule has 3 aromatic carbocycles. The number of nitrogens with one attached hydrogen (secondary N) is 2. The van der Waals surface area contributed by atoms with Gasteiger partial charge >= 0.3 is 17.8 Å². The topological polar surface area (TPSA) is 134 Å². The van der Waals surface area contributed by atoms with Gasteiger partial charge in [0.25, 0.3) is 0 Å². The van der Waals surface area contributed by atoms with Crippen LogP contribution in [-0.2, 0) is 23.9 Å². The zero-order valence-electron chi connectivity index (χ0n) is 25.9. The van der Waals surface area contributed by atoms with Gasteiger partial charge < -0.3 is 30.1 Å². The summed E-state index contributed by atoms with van der Waals surface area (Å²) in [5.74, 6) is -12.2. The normalized spacial score (nSPS) is 15.1. The van der Waals surface area contributed by atoms with Gasteiger partial charge in [0, 0.05) is 36.1 Å². The number of piperidine rings is 1. The lowest BCUT2D eigenvalue weighted by Gasteiger charge is -2.32. The largest absolute Gasteiger partial charge is 0.485 e. The van der Waals surface area contributed by atoms with Crippen molar-refractivity contribution < 1.29 is 51.3 Å². The third-order valence-corrected chi connectivity index (χ3v) is 7.45. The van der Waals surface area contributed by atoms with Gasteiger partial charge in [-0.25, -0.2) is 8.78 Å². The highest BCUT2D eigenvalue weighted by atomic mass is 19.2. The number of hydrogen-bond donors (Lipinski definition) is 3. The molecule has 0 spiro atoms. The minimum absolute atomic E-state index is 0.00414. The number of rotatable bonds is 9. The summed E-state index contributed by atoms with van der Waals surface area (Å²) in [4.78, 5) is 52.8. The van der Waals surface area contributed by atoms with E-state index in [1.165, 1.54) is 4.90 Å². The second-order valence-electron chi connectivity index (χ2n) is 12.1. The first-order valence-electron chi connectivity index (χ1n) is 14.9. The monoisotopic (exact) mass is 661 g/mol. The zero-order valence-corrected chi connectivity index (χ0v) is 25.9. The molecule has 0 aliphatic carbocycles. The Morgan fingerprint density at radius 1 is 0.957 bits per heavy atom. The second kappa shape index (κ2) is 14.8. The molecule has 3 aromatic rings. The Kier molecular flexibility index (Phi) is 11.1. The van der Waals surface area contributed by atoms with Crippen LogP contribution in [0.25, 0.3) is 10.8 Å². The van der Waals surface area contributed by atoms with E-state index >= 15 is 0 Å². The Morgan fingerprint density at radius 3 is 2.21 bits per heavy atom. The van der Waals surface area contributed by atoms with Gasteiger partial charge in [-0.05, 0) is 45.1 Å². The second-order valence-corrected chi connectivity index (χ2v) is 12.1. The van der Waals surface area contributed by atoms with Crippen molar-refractivity contribution in [1.82, 2.24) is 10.2 Å². The third kappa shape index (κ3) is 8.97. The number of anilines is 1. The fourth-order valence-electron chi connectivity index (χ4n) is 5.11. The number of aliphatic hydroxyl groups is 1. The lowest BCUT2D eigenvalue weighted by Crippen LogP contribution is -2.51. The molecule has 10 nitrogen and oxygen atoms in total. The summed E-state index contributed by atoms with van der Waals surface area (Å²) in [5, 5.41) is 17.6. The lowest BCUT2D eigenvalue weighted by molar-refractivity contribution is -0.156. The summed E-state index contributed by atoms with van der Waals surface area (Å²) >= 11 is 0. The van der Waals surface area contributed by atoms with Crippen molar-refractivity contribution in [2.45, 2.75) is 57.8 Å². The average Bonchev–Trinajstić information content (AvgIpc) is 3.02. The van der Waals surface area contributed by atoms with E-state index in [4.69, 9.17) is 9.47 Å². The van der Waals surface area contributed by atoms with Crippen LogP contribution in [0, 0.1) is 29.2 Å². The maximum absolute atomic E-state index is 14.1. The molecular formula is C33H35F4N3O7. The molecule has 4 rings (SSSR count). The molecule has 2 atom stereocenters. The minimum atomic E-state index is -1.82. The molecule has 3 amide bonds. The van der Waals surface area contributed by atoms with E-state index in [1.54, 1.807) is 32.9 Å². The van der Waals surface area contributed by atoms with E-state index in [9.17, 15) is 41.8 Å². The van der Waals surface area contributed by atoms with Crippen LogP contribution in [0.1, 0.15) is 40.0 Å². The third-order valence-electron chi connectivity index (χ3n) is 7.45. The zero-order chi connectivity index (χ0) is 34.5. The fraction of sp³-hybridized carbons (Fsp3) is 0.394. The number of halogens is 4. The standard InChI is InChI=1S/C33H35F4N3O7/c1-33(2,3)47-26(42)16-24(25(41)17-46-29-27(36)21(34)15-22(35)28(29)37)39-30(43)19-11-13-40(14-12-19)32(45)31(44)38-23-10-6-8-18-7-4-5-9-20(18)23/h4-10,15,19,24-25,41H,11-14,16-17H2,1-3H3,(H,38,44)(H,39,43)/t24-,25?/m0/s1. The van der Waals surface area contributed by atoms with Gasteiger partial charge in [0.1, 0.15) is 18.3 Å². The number of esters is 1. The summed E-state index contributed by atoms with van der Waals surface area (Å²) < 4.78 is 65.4. The molecule has 14 heteroatoms. The number of hydrogen-bond acceptors (Lipinski definition) is 7. The van der Waals surface area contributed by atoms with Crippen molar-refractivity contribution in [3.63, 3.8) is 0 Å². The molecule has 1 saturated heterocycles. The van der Waals surface area contributed by atoms with Gasteiger partial charge in [-0.3, -0.25) is 19.2 Å². The number of carbonyl (C=O) groups is 4. The van der Waals surface area contributed by atoms with Crippen LogP contribution in [0.15, 0.2) is 48.5 Å². The van der Waals surface area contributed by atoms with E-state index in [0.29, 0.717) is 5.69 Å². The van der Waals surface area contributed by atoms with E-state index in [-0.39, 0.29) is 32.0 Å². The molecule has 47 heavy (non-hydrogen) atoms. The highest BCUT2D eigenvalue weighted by Crippen LogP contribution is 2.27. The average molecular weight is 662 g/mol. The van der Waals surface area contributed by atoms with Crippen molar-refractivity contribution in [3.8, 4) is 5.75 Å². The number of nitrogens with zero attached hydrogens (tertiary/aromatic N) is 1. The van der Waals surface area contributed by atoms with Gasteiger partial charge in [-0.15, -0.1) is 0 Å². The molecule has 1 aliphatic heterocycles. The molecular weight excluding hydrogens is 626 g/mol. The summed E-state index contributed by atoms with van der Waals surface area (Å²) in [5.41, 5.74) is -0.445. The smallest absolute Gasteiger partial charge is 0.313 e. The first kappa shape index (κ1) is 35.1. The minimum Gasteiger partial charge on any atom is -0.485 e. The van der Waals surface area contributed by atoms with Crippen LogP contribution in [0.2, 0.25) is 0 Å². The molecule has 1 fully saturated rings. The fourth-order valence-corrected chi connectivity index (χ4v) is 5.11. The van der Waals surface area contributed by atoms with Crippen LogP contribution in [0.4, 0.5) is 23.2 Å². The van der Waals surface area contributed by atoms with Crippen molar-refractivity contribution in [2.24, 2.45) is 5.92 Å². The predicted octanol–water partition coefficient (Wildman–Crippen LogP) is 4.23. The number of likely N-dealkylation sites (tertiary alicyclic amines) is 1. The first-order chi connectivity index (χ1) is 22.1. The molecule has 0 aromatic heterocycles. The SMILES string of the molecule is CC(C)(C)OC(=O)C[C@H](NC(=O)C1CCN(C(=O)C(=O)Nc2cccc3ccccc23)CC1)C(O)COc1c(F)c(F)cc(F)c1F. The maximum Gasteiger partial charge on any atom is 0.313 e. The summed E-state index contributed by atoms with van der Waals surface area (Å²) in [7, 11) is 0. The highest BCUT2D eigenvalue weighted by molar-refractivity contribution is 6.40. The summed E-state index contributed by atoms with van der Waals surface area (Å²) in [6, 6.07) is 11.3. The molecule has 1 unspecified atom stereocenters. The Balaban J connectivity index is 1.37. The van der Waals surface area contributed by atoms with Crippen LogP contribution in [-0.4, -0.2) is 71.1 Å². The van der Waals surface area contributed by atoms with Crippen LogP contribution in [0.3, 0.4) is 0 Å². The van der Waals surface area contributed by atoms with Gasteiger partial charge in [0.2, 0.25) is 17.5 Å². The number of carbonyl (C=O) groups excluding carboxylic acids is 4. The Morgan fingerprint density at radius 2 is 1.57 bits per heavy atom. The van der Waals surface area contributed by atoms with Crippen LogP contribution < -0.4 is 15.4 Å². The maximum atomic E-state index is 14.1. The van der Waals surface area contributed by atoms with Gasteiger partial charge in [-0.2, -0.15) is 8.78 Å². The number of ether oxygens (including phenoxy) is 2. The molecule has 3 N–H and O–H groups in total. The van der Waals surface area contributed by atoms with Crippen molar-refractivity contribution in [3.05, 3.63) is 71.8 Å². The lowest BCUT2D eigenvalue weighted by atomic mass is 9.94. The first-order valence-corrected chi connectivity index (χ1v) is 14.9. The Hall–Kier alpha value is -4.72. The number of benzene rings is 3. The van der Waals surface area contributed by atoms with Gasteiger partial charge in [-0.1, -0.05) is 36.4 Å². The molecule has 252 valence electrons. The van der Waals surface area contributed by atoms with Crippen molar-refractivity contribution >= 4 is 40.2 Å². The van der Waals surface area contributed by atoms with Crippen LogP contribution >= 0.6 is 0 Å². The molecule has 0 radical (unpaired) electrons. The van der Waals surface area contributed by atoms with E-state index < -0.39 is 89.4 Å². The van der Waals surface area contributed by atoms with Crippen molar-refractivity contribution in [2.75, 3.05) is 25.0 Å². The van der Waals surface area contributed by atoms with E-state index in [2.05, 4.69) is 10.6 Å². The Labute approximate surface area is 268 Å². The number of aliphatic hydroxyl groups excluding tert-OH is 1. The number of amides is 3. The van der Waals surface area contributed by atoms with Crippen LogP contribution in [0.5, 0.6) is 5.75 Å². The highest BCUT2D eigenvalue weighted by Gasteiger charge is 2.34. The quantitative estimate of drug-likeness (QED) is 0.135. The molecule has 0 bridgehead atoms.